The minimum absolute atomic E-state index is 0.237. The average molecular weight is 630 g/mol. The van der Waals surface area contributed by atoms with E-state index in [0.717, 1.165) is 73.0 Å². The van der Waals surface area contributed by atoms with Gasteiger partial charge in [-0.3, -0.25) is 15.0 Å². The Labute approximate surface area is 263 Å². The van der Waals surface area contributed by atoms with E-state index in [0.29, 0.717) is 45.1 Å². The van der Waals surface area contributed by atoms with Crippen molar-refractivity contribution in [3.05, 3.63) is 42.2 Å². The Kier molecular flexibility index (Phi) is 6.83. The third kappa shape index (κ3) is 4.77. The number of halogens is 1. The Morgan fingerprint density at radius 2 is 2.20 bits per heavy atom. The summed E-state index contributed by atoms with van der Waals surface area (Å²) in [7, 11) is 0. The predicted octanol–water partition coefficient (Wildman–Crippen LogP) is 5.28. The van der Waals surface area contributed by atoms with Gasteiger partial charge >= 0.3 is 6.01 Å². The van der Waals surface area contributed by atoms with Crippen LogP contribution in [-0.4, -0.2) is 98.5 Å². The Morgan fingerprint density at radius 3 is 3.07 bits per heavy atom. The number of rotatable bonds is 6. The molecule has 12 heteroatoms. The normalized spacial score (nSPS) is 25.8. The van der Waals surface area contributed by atoms with Crippen LogP contribution in [0, 0.1) is 6.92 Å². The minimum atomic E-state index is -1.07. The summed E-state index contributed by atoms with van der Waals surface area (Å²) in [6.07, 6.45) is 7.09. The van der Waals surface area contributed by atoms with Crippen molar-refractivity contribution in [1.82, 2.24) is 30.0 Å². The van der Waals surface area contributed by atoms with Crippen molar-refractivity contribution >= 4 is 54.4 Å². The van der Waals surface area contributed by atoms with Crippen molar-refractivity contribution in [2.24, 2.45) is 0 Å². The molecule has 0 spiro atoms. The van der Waals surface area contributed by atoms with E-state index in [1.165, 1.54) is 0 Å². The van der Waals surface area contributed by atoms with Gasteiger partial charge in [-0.05, 0) is 56.5 Å². The zero-order valence-electron chi connectivity index (χ0n) is 25.5. The van der Waals surface area contributed by atoms with Crippen LogP contribution in [0.1, 0.15) is 37.3 Å². The quantitative estimate of drug-likeness (QED) is 0.259. The lowest BCUT2D eigenvalue weighted by Crippen LogP contribution is -2.43. The SMILES string of the molecule is C=Cc1c(C)cc2[nH]ncc2c1-c1nccc2c1sc1nc(OC[C@@]34CCCN3C[C@H](F)C4)nc(N3CCOC[C@@](C)(O)C3)c12. The van der Waals surface area contributed by atoms with E-state index in [9.17, 15) is 9.50 Å². The highest BCUT2D eigenvalue weighted by Gasteiger charge is 2.49. The fourth-order valence-corrected chi connectivity index (χ4v) is 8.78. The first-order chi connectivity index (χ1) is 21.7. The number of aryl methyl sites for hydroxylation is 1. The standard InChI is InChI=1S/C33H36FN7O3S/c1-4-21-19(2)12-24-23(14-36-39-24)25(21)27-28-22(6-8-35-27)26-29(40-10-11-43-17-32(3,42)16-40)37-31(38-30(26)45-28)44-18-33-7-5-9-41(33)15-20(34)13-33/h4,6,8,12,14,20,42H,1,5,7,9-11,13,15-18H2,2-3H3,(H,36,39)/t20-,32+,33+/m1/s1. The van der Waals surface area contributed by atoms with E-state index in [1.807, 2.05) is 24.5 Å². The third-order valence-corrected chi connectivity index (χ3v) is 10.7. The molecule has 1 aromatic carbocycles. The van der Waals surface area contributed by atoms with Gasteiger partial charge in [0.05, 0.1) is 52.8 Å². The molecular formula is C33H36FN7O3S. The molecule has 0 unspecified atom stereocenters. The topological polar surface area (TPSA) is 113 Å². The number of aromatic amines is 1. The number of pyridine rings is 1. The van der Waals surface area contributed by atoms with Crippen molar-refractivity contribution in [2.45, 2.75) is 50.4 Å². The number of nitrogens with one attached hydrogen (secondary N) is 1. The Hall–Kier alpha value is -3.71. The molecule has 5 aromatic rings. The molecule has 0 bridgehead atoms. The van der Waals surface area contributed by atoms with Gasteiger partial charge in [-0.25, -0.2) is 4.39 Å². The maximum absolute atomic E-state index is 14.5. The monoisotopic (exact) mass is 629 g/mol. The Bertz CT molecular complexity index is 1960. The highest BCUT2D eigenvalue weighted by Crippen LogP contribution is 2.46. The molecular weight excluding hydrogens is 593 g/mol. The number of fused-ring (bicyclic) bond motifs is 5. The molecule has 4 aromatic heterocycles. The van der Waals surface area contributed by atoms with Crippen molar-refractivity contribution in [2.75, 3.05) is 50.9 Å². The molecule has 10 nitrogen and oxygen atoms in total. The molecule has 7 heterocycles. The van der Waals surface area contributed by atoms with E-state index < -0.39 is 11.8 Å². The van der Waals surface area contributed by atoms with Crippen molar-refractivity contribution < 1.29 is 19.0 Å². The van der Waals surface area contributed by atoms with Crippen LogP contribution in [0.3, 0.4) is 0 Å². The Morgan fingerprint density at radius 1 is 1.31 bits per heavy atom. The molecule has 3 fully saturated rings. The lowest BCUT2D eigenvalue weighted by molar-refractivity contribution is -0.0123. The molecule has 0 saturated carbocycles. The van der Waals surface area contributed by atoms with Gasteiger partial charge in [0.25, 0.3) is 0 Å². The molecule has 0 amide bonds. The van der Waals surface area contributed by atoms with E-state index in [1.54, 1.807) is 18.3 Å². The summed E-state index contributed by atoms with van der Waals surface area (Å²) in [5.41, 5.74) is 3.40. The fraction of sp³-hybridized carbons (Fsp3) is 0.455. The second kappa shape index (κ2) is 10.7. The number of nitrogens with zero attached hydrogens (tertiary/aromatic N) is 6. The lowest BCUT2D eigenvalue weighted by Gasteiger charge is -2.31. The van der Waals surface area contributed by atoms with Crippen LogP contribution in [0.4, 0.5) is 10.2 Å². The zero-order chi connectivity index (χ0) is 30.9. The number of ether oxygens (including phenoxy) is 2. The summed E-state index contributed by atoms with van der Waals surface area (Å²) in [6.45, 7) is 11.2. The van der Waals surface area contributed by atoms with Crippen LogP contribution in [0.5, 0.6) is 6.01 Å². The van der Waals surface area contributed by atoms with Gasteiger partial charge in [0, 0.05) is 42.0 Å². The number of anilines is 1. The van der Waals surface area contributed by atoms with E-state index >= 15 is 0 Å². The Balaban J connectivity index is 1.31. The molecule has 234 valence electrons. The van der Waals surface area contributed by atoms with Crippen LogP contribution in [0.15, 0.2) is 31.1 Å². The summed E-state index contributed by atoms with van der Waals surface area (Å²) in [5.74, 6) is 0.682. The number of β-amino-alcohol motifs (C(OH)–C–C–N with tert-alkyl or cyclic N) is 1. The first-order valence-electron chi connectivity index (χ1n) is 15.5. The summed E-state index contributed by atoms with van der Waals surface area (Å²) < 4.78 is 27.6. The first kappa shape index (κ1) is 28.7. The van der Waals surface area contributed by atoms with E-state index in [-0.39, 0.29) is 18.2 Å². The van der Waals surface area contributed by atoms with Gasteiger partial charge in [-0.15, -0.1) is 11.3 Å². The van der Waals surface area contributed by atoms with Crippen LogP contribution >= 0.6 is 11.3 Å². The molecule has 3 atom stereocenters. The van der Waals surface area contributed by atoms with Crippen molar-refractivity contribution in [3.63, 3.8) is 0 Å². The third-order valence-electron chi connectivity index (χ3n) is 9.62. The van der Waals surface area contributed by atoms with E-state index in [4.69, 9.17) is 24.4 Å². The number of hydrogen-bond acceptors (Lipinski definition) is 10. The molecule has 2 N–H and O–H groups in total. The number of H-pyrrole nitrogens is 1. The predicted molar refractivity (Wildman–Crippen MR) is 175 cm³/mol. The van der Waals surface area contributed by atoms with Gasteiger partial charge < -0.3 is 19.5 Å². The van der Waals surface area contributed by atoms with Crippen molar-refractivity contribution in [3.8, 4) is 17.3 Å². The van der Waals surface area contributed by atoms with Gasteiger partial charge in [-0.1, -0.05) is 12.7 Å². The highest BCUT2D eigenvalue weighted by molar-refractivity contribution is 7.26. The maximum Gasteiger partial charge on any atom is 0.319 e. The molecule has 8 rings (SSSR count). The summed E-state index contributed by atoms with van der Waals surface area (Å²) in [5, 5.41) is 21.4. The van der Waals surface area contributed by atoms with Gasteiger partial charge in [-0.2, -0.15) is 15.1 Å². The number of benzene rings is 1. The number of aliphatic hydroxyl groups is 1. The first-order valence-corrected chi connectivity index (χ1v) is 16.3. The van der Waals surface area contributed by atoms with Crippen molar-refractivity contribution in [1.29, 1.82) is 0 Å². The highest BCUT2D eigenvalue weighted by atomic mass is 32.1. The number of thiophene rings is 1. The average Bonchev–Trinajstić information content (AvgIpc) is 3.75. The molecule has 45 heavy (non-hydrogen) atoms. The molecule has 3 aliphatic heterocycles. The van der Waals surface area contributed by atoms with Gasteiger partial charge in [0.2, 0.25) is 0 Å². The van der Waals surface area contributed by atoms with Crippen LogP contribution < -0.4 is 9.64 Å². The van der Waals surface area contributed by atoms with Crippen LogP contribution in [0.2, 0.25) is 0 Å². The molecule has 3 saturated heterocycles. The summed E-state index contributed by atoms with van der Waals surface area (Å²) in [4.78, 5) is 19.9. The lowest BCUT2D eigenvalue weighted by atomic mass is 9.95. The smallest absolute Gasteiger partial charge is 0.319 e. The van der Waals surface area contributed by atoms with Gasteiger partial charge in [0.1, 0.15) is 29.0 Å². The fourth-order valence-electron chi connectivity index (χ4n) is 7.63. The van der Waals surface area contributed by atoms with Crippen LogP contribution in [0.25, 0.3) is 48.5 Å². The van der Waals surface area contributed by atoms with Gasteiger partial charge in [0.15, 0.2) is 0 Å². The zero-order valence-corrected chi connectivity index (χ0v) is 26.3. The minimum Gasteiger partial charge on any atom is -0.461 e. The molecule has 0 aliphatic carbocycles. The van der Waals surface area contributed by atoms with Crippen LogP contribution in [-0.2, 0) is 4.74 Å². The molecule has 0 radical (unpaired) electrons. The molecule has 3 aliphatic rings. The second-order valence-electron chi connectivity index (χ2n) is 13.0. The maximum atomic E-state index is 14.5. The summed E-state index contributed by atoms with van der Waals surface area (Å²) in [6, 6.07) is 4.34. The van der Waals surface area contributed by atoms with E-state index in [2.05, 4.69) is 39.6 Å². The number of hydrogen-bond donors (Lipinski definition) is 2. The number of alkyl halides is 1. The number of aromatic nitrogens is 5. The summed E-state index contributed by atoms with van der Waals surface area (Å²) >= 11 is 1.54. The second-order valence-corrected chi connectivity index (χ2v) is 14.0. The largest absolute Gasteiger partial charge is 0.461 e.